The van der Waals surface area contributed by atoms with E-state index in [0.29, 0.717) is 66.7 Å². The normalized spacial score (nSPS) is 24.9. The summed E-state index contributed by atoms with van der Waals surface area (Å²) in [5.74, 6) is -0.624. The van der Waals surface area contributed by atoms with Crippen molar-refractivity contribution in [2.75, 3.05) is 33.0 Å². The van der Waals surface area contributed by atoms with E-state index < -0.39 is 218 Å². The summed E-state index contributed by atoms with van der Waals surface area (Å²) in [5, 5.41) is 169. The second-order valence-corrected chi connectivity index (χ2v) is 33.5. The monoisotopic (exact) mass is 1950 g/mol. The Morgan fingerprint density at radius 1 is 0.286 bits per heavy atom. The molecule has 15 N–H and O–H groups in total. The van der Waals surface area contributed by atoms with Gasteiger partial charge in [-0.25, -0.2) is 28.4 Å². The number of hydrogen-bond acceptors (Lipinski definition) is 40. The zero-order valence-corrected chi connectivity index (χ0v) is 74.0. The van der Waals surface area contributed by atoms with Crippen molar-refractivity contribution in [2.45, 2.75) is 183 Å². The lowest BCUT2D eigenvalue weighted by Gasteiger charge is -2.18. The third-order valence-electron chi connectivity index (χ3n) is 24.4. The molecule has 0 bridgehead atoms. The quantitative estimate of drug-likeness (QED) is 0.0342. The standard InChI is InChI=1S/4C18H19N3O7.C17H16FN3O7/c1-9-2-3-12-10(6-9)11(19-28-12)7-21-14(23)4-5-20(18(21)26)17-16(25)15(24)13(8-22)27-17;1-9-2-3-10-11(19-28-12(10)6-9)7-21-14(23)4-5-20(18(21)26)17-16(25)15(24)13(8-22)27-17;1-9-3-2-4-11-14(9)10(19-28-11)7-21-13(23)5-6-20(18(21)26)17-16(25)15(24)12(8-22)27-17;1-9-3-2-4-10-11(19-28-16(9)10)7-21-13(23)5-6-20(18(21)26)17-15(25)14(24)12(8-22)27-17;18-9-3-1-2-8-10(19-28-15(8)9)6-21-12(23)4-5-20(17(21)26)16-14(25)13(24)11(7-22)27-16/h2*2-6,13,15-17,22,24-25H,7-8H2,1H3;2-6,12,15-17,22,24-25H,7-8H2,1H3;2-6,12,14-15,17,22,24-25H,7-8H2,1H3;1-5,11,13-14,16,22,24-25H,6-7H2/t2*13-,15+,16?,17-;12-,15+,16?,17-;12-,14+,15?,17-;11-,13+,14?,16-/m11111/s1. The molecular weight excluding hydrogens is 1860 g/mol. The van der Waals surface area contributed by atoms with Gasteiger partial charge in [-0.1, -0.05) is 73.8 Å². The molecule has 0 radical (unpaired) electrons. The summed E-state index contributed by atoms with van der Waals surface area (Å²) in [5.41, 5.74) is 0.963. The lowest BCUT2D eigenvalue weighted by molar-refractivity contribution is -0.0555. The predicted octanol–water partition coefficient (Wildman–Crippen LogP) is -4.57. The Balaban J connectivity index is 0.000000126. The molecule has 140 heavy (non-hydrogen) atoms. The van der Waals surface area contributed by atoms with E-state index in [1.165, 1.54) is 36.9 Å². The molecule has 5 saturated heterocycles. The number of aliphatic hydroxyl groups is 15. The van der Waals surface area contributed by atoms with Crippen LogP contribution in [0.25, 0.3) is 54.8 Å². The van der Waals surface area contributed by atoms with Gasteiger partial charge in [0, 0.05) is 88.2 Å². The Morgan fingerprint density at radius 3 is 0.957 bits per heavy atom. The molecule has 740 valence electrons. The topological polar surface area (TPSA) is 700 Å². The molecule has 20 atom stereocenters. The molecule has 5 fully saturated rings. The molecule has 20 rings (SSSR count). The van der Waals surface area contributed by atoms with Crippen molar-refractivity contribution in [3.05, 3.63) is 313 Å². The van der Waals surface area contributed by atoms with Gasteiger partial charge in [0.05, 0.1) is 65.8 Å². The number of fused-ring (bicyclic) bond motifs is 5. The number of para-hydroxylation sites is 2. The molecule has 50 nitrogen and oxygen atoms in total. The van der Waals surface area contributed by atoms with Crippen LogP contribution >= 0.6 is 0 Å². The van der Waals surface area contributed by atoms with Gasteiger partial charge in [-0.15, -0.1) is 0 Å². The fourth-order valence-corrected chi connectivity index (χ4v) is 16.8. The van der Waals surface area contributed by atoms with Crippen LogP contribution in [0.4, 0.5) is 4.39 Å². The molecule has 5 aliphatic rings. The van der Waals surface area contributed by atoms with Crippen LogP contribution in [0.3, 0.4) is 0 Å². The maximum atomic E-state index is 13.8. The fraction of sp³-hybridized carbons (Fsp3) is 0.382. The minimum Gasteiger partial charge on any atom is -0.394 e. The molecule has 10 aromatic heterocycles. The number of benzene rings is 5. The van der Waals surface area contributed by atoms with Crippen molar-refractivity contribution in [2.24, 2.45) is 0 Å². The first-order valence-electron chi connectivity index (χ1n) is 43.2. The average Bonchev–Trinajstić information content (AvgIpc) is 1.62. The van der Waals surface area contributed by atoms with E-state index in [1.54, 1.807) is 36.4 Å². The van der Waals surface area contributed by atoms with Gasteiger partial charge in [0.1, 0.15) is 120 Å². The van der Waals surface area contributed by atoms with Crippen LogP contribution in [0.5, 0.6) is 0 Å². The van der Waals surface area contributed by atoms with E-state index in [0.717, 1.165) is 110 Å². The van der Waals surface area contributed by atoms with Gasteiger partial charge >= 0.3 is 28.4 Å². The lowest BCUT2D eigenvalue weighted by Crippen LogP contribution is -2.43. The zero-order valence-electron chi connectivity index (χ0n) is 74.0. The Kier molecular flexibility index (Phi) is 29.1. The second kappa shape index (κ2) is 41.2. The number of nitrogens with zero attached hydrogens (tertiary/aromatic N) is 15. The maximum Gasteiger partial charge on any atom is 0.333 e. The SMILES string of the molecule is Cc1ccc2c(Cn3c(=O)ccn([C@@H]4O[C@H](CO)[C@H](O)C4O)c3=O)noc2c1.Cc1ccc2onc(Cn3c(=O)ccn([C@@H]4O[C@H](CO)[C@H](O)C4O)c3=O)c2c1.Cc1cccc2c(Cn3c(=O)ccn([C@@H]4O[C@H](CO)[C@H](O)C4O)c3=O)noc12.Cc1cccc2onc(Cn3c(=O)ccn([C@@H]4O[C@H](CO)[C@H](O)C4O)c3=O)c12.O=c1ccn([C@@H]2O[C@H](CO)[C@H](O)C2O)c(=O)n1Cc1noc2c(F)cccc12. The predicted molar refractivity (Wildman–Crippen MR) is 474 cm³/mol. The molecule has 15 heterocycles. The minimum atomic E-state index is -1.48. The molecule has 5 aromatic carbocycles. The molecule has 0 saturated carbocycles. The van der Waals surface area contributed by atoms with Crippen LogP contribution in [0, 0.1) is 33.5 Å². The van der Waals surface area contributed by atoms with E-state index in [-0.39, 0.29) is 44.0 Å². The Labute approximate surface area is 779 Å². The van der Waals surface area contributed by atoms with E-state index in [9.17, 15) is 129 Å². The summed E-state index contributed by atoms with van der Waals surface area (Å²) in [7, 11) is 0. The van der Waals surface area contributed by atoms with Gasteiger partial charge in [-0.05, 0) is 92.9 Å². The van der Waals surface area contributed by atoms with E-state index in [4.69, 9.17) is 46.3 Å². The van der Waals surface area contributed by atoms with Crippen molar-refractivity contribution < 1.29 is 127 Å². The summed E-state index contributed by atoms with van der Waals surface area (Å²) in [6.07, 6.45) is -19.6. The van der Waals surface area contributed by atoms with E-state index in [1.807, 2.05) is 70.2 Å². The highest BCUT2D eigenvalue weighted by molar-refractivity contribution is 5.84. The Morgan fingerprint density at radius 2 is 0.579 bits per heavy atom. The van der Waals surface area contributed by atoms with Crippen LogP contribution < -0.4 is 56.2 Å². The van der Waals surface area contributed by atoms with Gasteiger partial charge in [0.15, 0.2) is 59.3 Å². The third-order valence-corrected chi connectivity index (χ3v) is 24.4. The number of halogens is 1. The van der Waals surface area contributed by atoms with E-state index >= 15 is 0 Å². The van der Waals surface area contributed by atoms with Crippen LogP contribution in [-0.2, 0) is 56.4 Å². The van der Waals surface area contributed by atoms with Gasteiger partial charge < -0.3 is 123 Å². The Bertz CT molecular complexity index is 7430. The summed E-state index contributed by atoms with van der Waals surface area (Å²) < 4.78 is 76.2. The Hall–Kier alpha value is -14.0. The van der Waals surface area contributed by atoms with E-state index in [2.05, 4.69) is 25.8 Å². The van der Waals surface area contributed by atoms with Gasteiger partial charge in [-0.2, -0.15) is 0 Å². The first-order chi connectivity index (χ1) is 67.1. The highest BCUT2D eigenvalue weighted by Gasteiger charge is 2.49. The van der Waals surface area contributed by atoms with Crippen LogP contribution in [-0.4, -0.2) is 273 Å². The zero-order chi connectivity index (χ0) is 100.0. The minimum absolute atomic E-state index is 0.0923. The molecule has 15 aromatic rings. The second-order valence-electron chi connectivity index (χ2n) is 33.5. The van der Waals surface area contributed by atoms with Crippen molar-refractivity contribution in [3.63, 3.8) is 0 Å². The van der Waals surface area contributed by atoms with Crippen molar-refractivity contribution in [3.8, 4) is 0 Å². The average molecular weight is 1950 g/mol. The number of rotatable bonds is 20. The summed E-state index contributed by atoms with van der Waals surface area (Å²) in [4.78, 5) is 126. The summed E-state index contributed by atoms with van der Waals surface area (Å²) >= 11 is 0. The van der Waals surface area contributed by atoms with Crippen LogP contribution in [0.2, 0.25) is 0 Å². The molecule has 0 amide bonds. The smallest absolute Gasteiger partial charge is 0.333 e. The number of hydrogen-bond donors (Lipinski definition) is 15. The number of ether oxygens (including phenoxy) is 5. The van der Waals surface area contributed by atoms with Crippen LogP contribution in [0.15, 0.2) is 223 Å². The number of aryl methyl sites for hydroxylation is 4. The summed E-state index contributed by atoms with van der Waals surface area (Å²) in [6.45, 7) is 4.06. The maximum absolute atomic E-state index is 13.8. The van der Waals surface area contributed by atoms with Crippen molar-refractivity contribution >= 4 is 54.8 Å². The van der Waals surface area contributed by atoms with Gasteiger partial charge in [-0.3, -0.25) is 69.6 Å². The first kappa shape index (κ1) is 99.0. The molecule has 0 aliphatic carbocycles. The molecule has 5 unspecified atom stereocenters. The number of aliphatic hydroxyl groups excluding tert-OH is 15. The van der Waals surface area contributed by atoms with Gasteiger partial charge in [0.2, 0.25) is 5.58 Å². The highest BCUT2D eigenvalue weighted by Crippen LogP contribution is 2.35. The number of aromatic nitrogens is 15. The molecule has 51 heteroatoms. The van der Waals surface area contributed by atoms with Crippen molar-refractivity contribution in [1.29, 1.82) is 0 Å². The molecular formula is C89H92FN15O35. The van der Waals surface area contributed by atoms with Gasteiger partial charge in [0.25, 0.3) is 27.8 Å². The first-order valence-corrected chi connectivity index (χ1v) is 43.2. The largest absolute Gasteiger partial charge is 0.394 e. The third kappa shape index (κ3) is 19.0. The lowest BCUT2D eigenvalue weighted by atomic mass is 10.1. The molecule has 5 aliphatic heterocycles. The van der Waals surface area contributed by atoms with Crippen molar-refractivity contribution in [1.82, 2.24) is 71.5 Å². The highest BCUT2D eigenvalue weighted by atomic mass is 19.1. The van der Waals surface area contributed by atoms with Crippen LogP contribution in [0.1, 0.15) is 81.9 Å². The summed E-state index contributed by atoms with van der Waals surface area (Å²) in [6, 6.07) is 31.7. The molecule has 0 spiro atoms. The fourth-order valence-electron chi connectivity index (χ4n) is 16.8.